The van der Waals surface area contributed by atoms with Crippen LogP contribution < -0.4 is 5.32 Å². The van der Waals surface area contributed by atoms with E-state index in [9.17, 15) is 14.4 Å². The summed E-state index contributed by atoms with van der Waals surface area (Å²) in [6.45, 7) is 0. The Hall–Kier alpha value is -1.24. The van der Waals surface area contributed by atoms with Gasteiger partial charge in [0.25, 0.3) is 0 Å². The Labute approximate surface area is 96.4 Å². The number of carbonyl (C=O) groups is 3. The lowest BCUT2D eigenvalue weighted by Crippen LogP contribution is -2.44. The number of carboxylic acid groups (broad SMARTS) is 2. The van der Waals surface area contributed by atoms with Crippen LogP contribution in [0.1, 0.15) is 12.8 Å². The summed E-state index contributed by atoms with van der Waals surface area (Å²) in [5, 5.41) is 19.5. The zero-order valence-electron chi connectivity index (χ0n) is 8.51. The molecule has 0 aromatic heterocycles. The summed E-state index contributed by atoms with van der Waals surface area (Å²) < 4.78 is 0. The molecule has 1 fully saturated rings. The summed E-state index contributed by atoms with van der Waals surface area (Å²) in [5.74, 6) is -1.56. The fraction of sp³-hybridized carbons (Fsp3) is 0.667. The van der Waals surface area contributed by atoms with E-state index in [1.165, 1.54) is 0 Å². The van der Waals surface area contributed by atoms with Crippen LogP contribution in [0.2, 0.25) is 0 Å². The molecule has 1 heterocycles. The highest BCUT2D eigenvalue weighted by molar-refractivity contribution is 7.99. The van der Waals surface area contributed by atoms with Crippen LogP contribution in [0.25, 0.3) is 0 Å². The first-order valence-electron chi connectivity index (χ1n) is 4.83. The van der Waals surface area contributed by atoms with Gasteiger partial charge in [-0.1, -0.05) is 0 Å². The van der Waals surface area contributed by atoms with E-state index < -0.39 is 24.4 Å². The number of amides is 1. The maximum absolute atomic E-state index is 11.6. The van der Waals surface area contributed by atoms with Gasteiger partial charge < -0.3 is 15.5 Å². The van der Waals surface area contributed by atoms with Gasteiger partial charge in [0.05, 0.1) is 6.42 Å². The number of carboxylic acids is 2. The molecular weight excluding hydrogens is 234 g/mol. The zero-order valence-corrected chi connectivity index (χ0v) is 9.33. The smallest absolute Gasteiger partial charge is 0.326 e. The second-order valence-corrected chi connectivity index (χ2v) is 4.71. The first-order valence-corrected chi connectivity index (χ1v) is 5.99. The highest BCUT2D eigenvalue weighted by atomic mass is 32.2. The van der Waals surface area contributed by atoms with Crippen LogP contribution in [0.5, 0.6) is 0 Å². The van der Waals surface area contributed by atoms with Crippen molar-refractivity contribution < 1.29 is 24.6 Å². The number of nitrogens with one attached hydrogen (secondary N) is 1. The van der Waals surface area contributed by atoms with Crippen LogP contribution in [0.3, 0.4) is 0 Å². The topological polar surface area (TPSA) is 104 Å². The van der Waals surface area contributed by atoms with Crippen LogP contribution in [-0.4, -0.2) is 45.6 Å². The molecular formula is C9H13NO5S. The van der Waals surface area contributed by atoms with Gasteiger partial charge in [-0.2, -0.15) is 11.8 Å². The zero-order chi connectivity index (χ0) is 12.1. The molecule has 1 aliphatic rings. The van der Waals surface area contributed by atoms with Crippen molar-refractivity contribution in [3.63, 3.8) is 0 Å². The third kappa shape index (κ3) is 3.73. The Morgan fingerprint density at radius 2 is 2.06 bits per heavy atom. The van der Waals surface area contributed by atoms with Crippen molar-refractivity contribution in [3.8, 4) is 0 Å². The van der Waals surface area contributed by atoms with E-state index >= 15 is 0 Å². The number of hydrogen-bond donors (Lipinski definition) is 3. The molecule has 0 aliphatic carbocycles. The maximum atomic E-state index is 11.6. The highest BCUT2D eigenvalue weighted by Gasteiger charge is 2.28. The molecule has 0 saturated carbocycles. The molecule has 90 valence electrons. The predicted octanol–water partition coefficient (Wildman–Crippen LogP) is -0.216. The van der Waals surface area contributed by atoms with Crippen molar-refractivity contribution in [2.45, 2.75) is 18.9 Å². The molecule has 0 aromatic rings. The molecule has 1 amide bonds. The van der Waals surface area contributed by atoms with Gasteiger partial charge >= 0.3 is 11.9 Å². The van der Waals surface area contributed by atoms with Crippen molar-refractivity contribution >= 4 is 29.6 Å². The Balaban J connectivity index is 2.50. The molecule has 0 radical (unpaired) electrons. The summed E-state index contributed by atoms with van der Waals surface area (Å²) >= 11 is 1.64. The lowest BCUT2D eigenvalue weighted by atomic mass is 10.1. The Kier molecular flexibility index (Phi) is 4.60. The number of aliphatic carboxylic acids is 2. The van der Waals surface area contributed by atoms with E-state index in [4.69, 9.17) is 10.2 Å². The monoisotopic (exact) mass is 247 g/mol. The number of carbonyl (C=O) groups excluding carboxylic acids is 1. The Morgan fingerprint density at radius 3 is 2.50 bits per heavy atom. The second kappa shape index (κ2) is 5.74. The standard InChI is InChI=1S/C9H13NO5S/c11-7(12)3-6(9(14)15)10-8(13)5-1-2-16-4-5/h5-6H,1-4H2,(H,10,13)(H,11,12)(H,14,15)/t5?,6-/m1/s1. The van der Waals surface area contributed by atoms with Crippen molar-refractivity contribution in [3.05, 3.63) is 0 Å². The quantitative estimate of drug-likeness (QED) is 0.620. The van der Waals surface area contributed by atoms with Crippen LogP contribution in [0.15, 0.2) is 0 Å². The molecule has 1 unspecified atom stereocenters. The minimum atomic E-state index is -1.34. The molecule has 7 heteroatoms. The fourth-order valence-corrected chi connectivity index (χ4v) is 2.63. The lowest BCUT2D eigenvalue weighted by molar-refractivity contribution is -0.147. The molecule has 3 N–H and O–H groups in total. The van der Waals surface area contributed by atoms with Gasteiger partial charge in [0.2, 0.25) is 5.91 Å². The first-order chi connectivity index (χ1) is 7.50. The Bertz CT molecular complexity index is 300. The van der Waals surface area contributed by atoms with E-state index in [-0.39, 0.29) is 11.8 Å². The van der Waals surface area contributed by atoms with Crippen LogP contribution >= 0.6 is 11.8 Å². The van der Waals surface area contributed by atoms with Crippen molar-refractivity contribution in [2.75, 3.05) is 11.5 Å². The van der Waals surface area contributed by atoms with E-state index in [0.717, 1.165) is 12.2 Å². The number of thioether (sulfide) groups is 1. The minimum Gasteiger partial charge on any atom is -0.481 e. The van der Waals surface area contributed by atoms with Gasteiger partial charge in [0.1, 0.15) is 6.04 Å². The number of hydrogen-bond acceptors (Lipinski definition) is 4. The van der Waals surface area contributed by atoms with Crippen molar-refractivity contribution in [1.82, 2.24) is 5.32 Å². The van der Waals surface area contributed by atoms with E-state index in [1.54, 1.807) is 11.8 Å². The number of rotatable bonds is 5. The minimum absolute atomic E-state index is 0.194. The molecule has 2 atom stereocenters. The fourth-order valence-electron chi connectivity index (χ4n) is 1.41. The average Bonchev–Trinajstić information content (AvgIpc) is 2.68. The third-order valence-corrected chi connectivity index (χ3v) is 3.46. The summed E-state index contributed by atoms with van der Waals surface area (Å²) in [4.78, 5) is 32.7. The average molecular weight is 247 g/mol. The summed E-state index contributed by atoms with van der Waals surface area (Å²) in [5.41, 5.74) is 0. The second-order valence-electron chi connectivity index (χ2n) is 3.56. The molecule has 1 rings (SSSR count). The third-order valence-electron chi connectivity index (χ3n) is 2.29. The van der Waals surface area contributed by atoms with E-state index in [2.05, 4.69) is 5.32 Å². The summed E-state index contributed by atoms with van der Waals surface area (Å²) in [6.07, 6.45) is 0.122. The normalized spacial score (nSPS) is 21.4. The van der Waals surface area contributed by atoms with E-state index in [1.807, 2.05) is 0 Å². The highest BCUT2D eigenvalue weighted by Crippen LogP contribution is 2.23. The van der Waals surface area contributed by atoms with Gasteiger partial charge in [-0.25, -0.2) is 4.79 Å². The molecule has 1 aliphatic heterocycles. The van der Waals surface area contributed by atoms with Crippen molar-refractivity contribution in [2.24, 2.45) is 5.92 Å². The Morgan fingerprint density at radius 1 is 1.38 bits per heavy atom. The van der Waals surface area contributed by atoms with Gasteiger partial charge in [-0.3, -0.25) is 9.59 Å². The van der Waals surface area contributed by atoms with E-state index in [0.29, 0.717) is 5.75 Å². The molecule has 1 saturated heterocycles. The summed E-state index contributed by atoms with van der Waals surface area (Å²) in [6, 6.07) is -1.34. The molecule has 0 bridgehead atoms. The van der Waals surface area contributed by atoms with Gasteiger partial charge in [0, 0.05) is 11.7 Å². The first kappa shape index (κ1) is 12.8. The van der Waals surface area contributed by atoms with Crippen LogP contribution in [0.4, 0.5) is 0 Å². The largest absolute Gasteiger partial charge is 0.481 e. The van der Waals surface area contributed by atoms with Gasteiger partial charge in [-0.15, -0.1) is 0 Å². The van der Waals surface area contributed by atoms with Crippen LogP contribution in [0, 0.1) is 5.92 Å². The molecule has 16 heavy (non-hydrogen) atoms. The van der Waals surface area contributed by atoms with Gasteiger partial charge in [-0.05, 0) is 12.2 Å². The van der Waals surface area contributed by atoms with Gasteiger partial charge in [0.15, 0.2) is 0 Å². The molecule has 0 spiro atoms. The lowest BCUT2D eigenvalue weighted by Gasteiger charge is -2.15. The maximum Gasteiger partial charge on any atom is 0.326 e. The SMILES string of the molecule is O=C(O)C[C@@H](NC(=O)C1CCSC1)C(=O)O. The van der Waals surface area contributed by atoms with Crippen molar-refractivity contribution in [1.29, 1.82) is 0 Å². The molecule has 6 nitrogen and oxygen atoms in total. The predicted molar refractivity (Wildman–Crippen MR) is 57.3 cm³/mol. The van der Waals surface area contributed by atoms with Crippen LogP contribution in [-0.2, 0) is 14.4 Å². The molecule has 0 aromatic carbocycles. The summed E-state index contributed by atoms with van der Waals surface area (Å²) in [7, 11) is 0.